The molecule has 1 aromatic rings. The van der Waals surface area contributed by atoms with E-state index in [1.54, 1.807) is 0 Å². The number of nitrogens with one attached hydrogen (secondary N) is 2. The SMILES string of the molecule is O=C(NCCN1CCOCC1)c1n[nH]c(C2CC2)n1. The topological polar surface area (TPSA) is 83.1 Å². The van der Waals surface area contributed by atoms with Gasteiger partial charge in [-0.05, 0) is 12.8 Å². The smallest absolute Gasteiger partial charge is 0.291 e. The zero-order chi connectivity index (χ0) is 13.1. The summed E-state index contributed by atoms with van der Waals surface area (Å²) in [5.41, 5.74) is 0. The number of amides is 1. The second kappa shape index (κ2) is 5.66. The van der Waals surface area contributed by atoms with Gasteiger partial charge in [0.05, 0.1) is 13.2 Å². The highest BCUT2D eigenvalue weighted by Gasteiger charge is 2.28. The van der Waals surface area contributed by atoms with E-state index in [9.17, 15) is 4.79 Å². The number of carbonyl (C=O) groups is 1. The van der Waals surface area contributed by atoms with E-state index in [0.29, 0.717) is 12.5 Å². The van der Waals surface area contributed by atoms with Crippen LogP contribution in [0.15, 0.2) is 0 Å². The second-order valence-electron chi connectivity index (χ2n) is 5.03. The van der Waals surface area contributed by atoms with Gasteiger partial charge in [-0.1, -0.05) is 0 Å². The molecule has 104 valence electrons. The molecular weight excluding hydrogens is 246 g/mol. The average molecular weight is 265 g/mol. The molecule has 1 saturated heterocycles. The number of aromatic amines is 1. The standard InChI is InChI=1S/C12H19N5O2/c18-12(11-14-10(15-16-11)9-1-2-9)13-3-4-17-5-7-19-8-6-17/h9H,1-8H2,(H,13,18)(H,14,15,16). The Morgan fingerprint density at radius 2 is 2.21 bits per heavy atom. The van der Waals surface area contributed by atoms with Crippen LogP contribution in [0.2, 0.25) is 0 Å². The van der Waals surface area contributed by atoms with Crippen LogP contribution in [-0.4, -0.2) is 65.4 Å². The number of morpholine rings is 1. The number of carbonyl (C=O) groups excluding carboxylic acids is 1. The molecule has 2 aliphatic rings. The van der Waals surface area contributed by atoms with Crippen LogP contribution in [-0.2, 0) is 4.74 Å². The van der Waals surface area contributed by atoms with E-state index < -0.39 is 0 Å². The van der Waals surface area contributed by atoms with Crippen molar-refractivity contribution in [1.82, 2.24) is 25.4 Å². The van der Waals surface area contributed by atoms with Crippen LogP contribution in [0.1, 0.15) is 35.2 Å². The summed E-state index contributed by atoms with van der Waals surface area (Å²) in [6, 6.07) is 0. The van der Waals surface area contributed by atoms with Gasteiger partial charge in [0, 0.05) is 32.1 Å². The third-order valence-electron chi connectivity index (χ3n) is 3.49. The molecule has 0 unspecified atom stereocenters. The molecule has 2 fully saturated rings. The van der Waals surface area contributed by atoms with Gasteiger partial charge in [-0.15, -0.1) is 5.10 Å². The summed E-state index contributed by atoms with van der Waals surface area (Å²) in [5, 5.41) is 9.65. The Hall–Kier alpha value is -1.47. The summed E-state index contributed by atoms with van der Waals surface area (Å²) in [5.74, 6) is 1.39. The number of rotatable bonds is 5. The summed E-state index contributed by atoms with van der Waals surface area (Å²) in [7, 11) is 0. The van der Waals surface area contributed by atoms with Crippen LogP contribution in [0.3, 0.4) is 0 Å². The van der Waals surface area contributed by atoms with E-state index in [1.165, 1.54) is 0 Å². The molecule has 1 aliphatic heterocycles. The normalized spacial score (nSPS) is 20.4. The first-order chi connectivity index (χ1) is 9.33. The fourth-order valence-corrected chi connectivity index (χ4v) is 2.15. The van der Waals surface area contributed by atoms with Crippen LogP contribution < -0.4 is 5.32 Å². The van der Waals surface area contributed by atoms with Crippen molar-refractivity contribution >= 4 is 5.91 Å². The first-order valence-corrected chi connectivity index (χ1v) is 6.83. The highest BCUT2D eigenvalue weighted by atomic mass is 16.5. The van der Waals surface area contributed by atoms with Gasteiger partial charge in [0.25, 0.3) is 5.91 Å². The molecule has 0 atom stereocenters. The van der Waals surface area contributed by atoms with Gasteiger partial charge in [-0.25, -0.2) is 4.98 Å². The number of hydrogen-bond acceptors (Lipinski definition) is 5. The molecule has 1 amide bonds. The van der Waals surface area contributed by atoms with E-state index in [2.05, 4.69) is 25.4 Å². The molecule has 1 aromatic heterocycles. The van der Waals surface area contributed by atoms with Crippen molar-refractivity contribution in [1.29, 1.82) is 0 Å². The molecule has 0 aromatic carbocycles. The molecule has 3 rings (SSSR count). The minimum atomic E-state index is -0.198. The molecule has 19 heavy (non-hydrogen) atoms. The predicted octanol–water partition coefficient (Wildman–Crippen LogP) is -0.256. The number of aromatic nitrogens is 3. The van der Waals surface area contributed by atoms with E-state index in [1.807, 2.05) is 0 Å². The number of ether oxygens (including phenoxy) is 1. The maximum Gasteiger partial charge on any atom is 0.291 e. The van der Waals surface area contributed by atoms with Crippen LogP contribution in [0.5, 0.6) is 0 Å². The average Bonchev–Trinajstić information content (AvgIpc) is 3.17. The van der Waals surface area contributed by atoms with Gasteiger partial charge in [0.2, 0.25) is 5.82 Å². The lowest BCUT2D eigenvalue weighted by Crippen LogP contribution is -2.41. The minimum Gasteiger partial charge on any atom is -0.379 e. The first-order valence-electron chi connectivity index (χ1n) is 6.83. The predicted molar refractivity (Wildman–Crippen MR) is 67.9 cm³/mol. The lowest BCUT2D eigenvalue weighted by Gasteiger charge is -2.26. The Morgan fingerprint density at radius 1 is 1.42 bits per heavy atom. The van der Waals surface area contributed by atoms with Gasteiger partial charge in [-0.3, -0.25) is 14.8 Å². The molecule has 1 saturated carbocycles. The summed E-state index contributed by atoms with van der Waals surface area (Å²) in [6.07, 6.45) is 2.29. The molecule has 2 heterocycles. The third-order valence-corrected chi connectivity index (χ3v) is 3.49. The number of nitrogens with zero attached hydrogens (tertiary/aromatic N) is 3. The third kappa shape index (κ3) is 3.30. The van der Waals surface area contributed by atoms with E-state index in [4.69, 9.17) is 4.74 Å². The fraction of sp³-hybridized carbons (Fsp3) is 0.750. The van der Waals surface area contributed by atoms with Crippen molar-refractivity contribution in [2.45, 2.75) is 18.8 Å². The number of hydrogen-bond donors (Lipinski definition) is 2. The van der Waals surface area contributed by atoms with Crippen molar-refractivity contribution < 1.29 is 9.53 Å². The van der Waals surface area contributed by atoms with Crippen LogP contribution in [0, 0.1) is 0 Å². The summed E-state index contributed by atoms with van der Waals surface area (Å²) in [6.45, 7) is 4.88. The molecular formula is C12H19N5O2. The zero-order valence-electron chi connectivity index (χ0n) is 10.9. The van der Waals surface area contributed by atoms with E-state index in [-0.39, 0.29) is 11.7 Å². The van der Waals surface area contributed by atoms with E-state index >= 15 is 0 Å². The molecule has 7 heteroatoms. The largest absolute Gasteiger partial charge is 0.379 e. The lowest BCUT2D eigenvalue weighted by atomic mass is 10.4. The zero-order valence-corrected chi connectivity index (χ0v) is 10.9. The monoisotopic (exact) mass is 265 g/mol. The van der Waals surface area contributed by atoms with Crippen molar-refractivity contribution in [3.63, 3.8) is 0 Å². The van der Waals surface area contributed by atoms with E-state index in [0.717, 1.165) is 51.5 Å². The van der Waals surface area contributed by atoms with Gasteiger partial charge in [0.15, 0.2) is 0 Å². The Balaban J connectivity index is 1.42. The van der Waals surface area contributed by atoms with Crippen LogP contribution in [0.4, 0.5) is 0 Å². The van der Waals surface area contributed by atoms with Gasteiger partial charge in [-0.2, -0.15) is 0 Å². The van der Waals surface area contributed by atoms with Crippen molar-refractivity contribution in [3.8, 4) is 0 Å². The highest BCUT2D eigenvalue weighted by molar-refractivity contribution is 5.90. The lowest BCUT2D eigenvalue weighted by molar-refractivity contribution is 0.0383. The maximum atomic E-state index is 11.8. The minimum absolute atomic E-state index is 0.198. The Labute approximate surface area is 111 Å². The van der Waals surface area contributed by atoms with Crippen molar-refractivity contribution in [3.05, 3.63) is 11.6 Å². The molecule has 1 aliphatic carbocycles. The molecule has 7 nitrogen and oxygen atoms in total. The Morgan fingerprint density at radius 3 is 2.95 bits per heavy atom. The van der Waals surface area contributed by atoms with Crippen LogP contribution >= 0.6 is 0 Å². The summed E-state index contributed by atoms with van der Waals surface area (Å²) >= 11 is 0. The van der Waals surface area contributed by atoms with Crippen LogP contribution in [0.25, 0.3) is 0 Å². The molecule has 2 N–H and O–H groups in total. The highest BCUT2D eigenvalue weighted by Crippen LogP contribution is 2.37. The fourth-order valence-electron chi connectivity index (χ4n) is 2.15. The Kier molecular flexibility index (Phi) is 3.74. The second-order valence-corrected chi connectivity index (χ2v) is 5.03. The maximum absolute atomic E-state index is 11.8. The van der Waals surface area contributed by atoms with Gasteiger partial charge < -0.3 is 10.1 Å². The van der Waals surface area contributed by atoms with Crippen molar-refractivity contribution in [2.75, 3.05) is 39.4 Å². The van der Waals surface area contributed by atoms with Crippen molar-refractivity contribution in [2.24, 2.45) is 0 Å². The van der Waals surface area contributed by atoms with Gasteiger partial charge in [0.1, 0.15) is 5.82 Å². The number of H-pyrrole nitrogens is 1. The molecule has 0 spiro atoms. The summed E-state index contributed by atoms with van der Waals surface area (Å²) in [4.78, 5) is 18.3. The summed E-state index contributed by atoms with van der Waals surface area (Å²) < 4.78 is 5.27. The van der Waals surface area contributed by atoms with Gasteiger partial charge >= 0.3 is 0 Å². The molecule has 0 bridgehead atoms. The molecule has 0 radical (unpaired) electrons. The Bertz CT molecular complexity index is 437. The quantitative estimate of drug-likeness (QED) is 0.766. The first kappa shape index (κ1) is 12.6.